The third-order valence-corrected chi connectivity index (χ3v) is 3.09. The first-order chi connectivity index (χ1) is 8.20. The fourth-order valence-electron chi connectivity index (χ4n) is 1.68. The van der Waals surface area contributed by atoms with Crippen molar-refractivity contribution in [3.05, 3.63) is 35.5 Å². The molecule has 0 atom stereocenters. The molecule has 4 heteroatoms. The van der Waals surface area contributed by atoms with Gasteiger partial charge in [0.2, 0.25) is 0 Å². The molecule has 0 aromatic carbocycles. The molecule has 1 fully saturated rings. The van der Waals surface area contributed by atoms with Crippen LogP contribution in [0.3, 0.4) is 0 Å². The second-order valence-corrected chi connectivity index (χ2v) is 4.88. The average molecular weight is 252 g/mol. The molecule has 92 valence electrons. The minimum Gasteiger partial charge on any atom is -0.355 e. The standard InChI is InChI=1S/C13H18ClN3/c1-3-6-17(2)13-12(14)7-10(9-16-13)8-15-11-4-5-11/h3,7,9,11,15H,1,4-6,8H2,2H3. The van der Waals surface area contributed by atoms with Crippen molar-refractivity contribution in [2.24, 2.45) is 0 Å². The Labute approximate surface area is 107 Å². The summed E-state index contributed by atoms with van der Waals surface area (Å²) in [4.78, 5) is 6.38. The van der Waals surface area contributed by atoms with Gasteiger partial charge in [-0.2, -0.15) is 0 Å². The van der Waals surface area contributed by atoms with Gasteiger partial charge >= 0.3 is 0 Å². The third kappa shape index (κ3) is 3.45. The van der Waals surface area contributed by atoms with E-state index in [1.807, 2.05) is 30.3 Å². The first kappa shape index (κ1) is 12.4. The lowest BCUT2D eigenvalue weighted by molar-refractivity contribution is 0.686. The SMILES string of the molecule is C=CCN(C)c1ncc(CNC2CC2)cc1Cl. The van der Waals surface area contributed by atoms with Crippen LogP contribution in [-0.2, 0) is 6.54 Å². The Morgan fingerprint density at radius 3 is 3.00 bits per heavy atom. The summed E-state index contributed by atoms with van der Waals surface area (Å²) in [6, 6.07) is 2.69. The number of hydrogen-bond acceptors (Lipinski definition) is 3. The largest absolute Gasteiger partial charge is 0.355 e. The molecule has 1 saturated carbocycles. The zero-order chi connectivity index (χ0) is 12.3. The van der Waals surface area contributed by atoms with Gasteiger partial charge in [-0.3, -0.25) is 0 Å². The predicted molar refractivity (Wildman–Crippen MR) is 72.6 cm³/mol. The van der Waals surface area contributed by atoms with Crippen LogP contribution in [0.4, 0.5) is 5.82 Å². The third-order valence-electron chi connectivity index (χ3n) is 2.82. The van der Waals surface area contributed by atoms with Crippen molar-refractivity contribution in [1.82, 2.24) is 10.3 Å². The van der Waals surface area contributed by atoms with Crippen LogP contribution in [0.25, 0.3) is 0 Å². The highest BCUT2D eigenvalue weighted by molar-refractivity contribution is 6.33. The van der Waals surface area contributed by atoms with Crippen molar-refractivity contribution in [3.63, 3.8) is 0 Å². The number of anilines is 1. The Kier molecular flexibility index (Phi) is 4.02. The van der Waals surface area contributed by atoms with E-state index in [0.717, 1.165) is 24.5 Å². The number of nitrogens with zero attached hydrogens (tertiary/aromatic N) is 2. The van der Waals surface area contributed by atoms with Crippen molar-refractivity contribution in [3.8, 4) is 0 Å². The summed E-state index contributed by atoms with van der Waals surface area (Å²) >= 11 is 6.22. The van der Waals surface area contributed by atoms with Crippen LogP contribution >= 0.6 is 11.6 Å². The van der Waals surface area contributed by atoms with E-state index in [-0.39, 0.29) is 0 Å². The molecule has 3 nitrogen and oxygen atoms in total. The van der Waals surface area contributed by atoms with Crippen molar-refractivity contribution >= 4 is 17.4 Å². The molecule has 0 radical (unpaired) electrons. The molecular weight excluding hydrogens is 234 g/mol. The summed E-state index contributed by atoms with van der Waals surface area (Å²) in [5, 5.41) is 4.14. The molecule has 0 amide bonds. The van der Waals surface area contributed by atoms with Gasteiger partial charge in [0.1, 0.15) is 5.82 Å². The number of halogens is 1. The molecule has 17 heavy (non-hydrogen) atoms. The van der Waals surface area contributed by atoms with Crippen LogP contribution < -0.4 is 10.2 Å². The number of aromatic nitrogens is 1. The van der Waals surface area contributed by atoms with Gasteiger partial charge in [0.25, 0.3) is 0 Å². The smallest absolute Gasteiger partial charge is 0.147 e. The summed E-state index contributed by atoms with van der Waals surface area (Å²) in [6.45, 7) is 5.30. The Balaban J connectivity index is 2.01. The monoisotopic (exact) mass is 251 g/mol. The summed E-state index contributed by atoms with van der Waals surface area (Å²) in [5.74, 6) is 0.807. The lowest BCUT2D eigenvalue weighted by atomic mass is 10.2. The summed E-state index contributed by atoms with van der Waals surface area (Å²) in [7, 11) is 1.96. The number of hydrogen-bond donors (Lipinski definition) is 1. The van der Waals surface area contributed by atoms with Gasteiger partial charge in [0.05, 0.1) is 5.02 Å². The van der Waals surface area contributed by atoms with Crippen molar-refractivity contribution in [1.29, 1.82) is 0 Å². The Morgan fingerprint density at radius 1 is 1.65 bits per heavy atom. The summed E-state index contributed by atoms with van der Waals surface area (Å²) < 4.78 is 0. The molecular formula is C13H18ClN3. The molecule has 1 aromatic heterocycles. The lowest BCUT2D eigenvalue weighted by Gasteiger charge is -2.17. The average Bonchev–Trinajstić information content (AvgIpc) is 3.10. The van der Waals surface area contributed by atoms with Gasteiger partial charge in [-0.25, -0.2) is 4.98 Å². The van der Waals surface area contributed by atoms with Gasteiger partial charge in [-0.15, -0.1) is 6.58 Å². The molecule has 0 bridgehead atoms. The number of nitrogens with one attached hydrogen (secondary N) is 1. The highest BCUT2D eigenvalue weighted by Crippen LogP contribution is 2.24. The topological polar surface area (TPSA) is 28.2 Å². The molecule has 2 rings (SSSR count). The zero-order valence-electron chi connectivity index (χ0n) is 10.1. The van der Waals surface area contributed by atoms with E-state index in [1.54, 1.807) is 0 Å². The zero-order valence-corrected chi connectivity index (χ0v) is 10.9. The first-order valence-corrected chi connectivity index (χ1v) is 6.28. The van der Waals surface area contributed by atoms with Gasteiger partial charge in [-0.1, -0.05) is 17.7 Å². The molecule has 0 aliphatic heterocycles. The van der Waals surface area contributed by atoms with Crippen LogP contribution in [0.1, 0.15) is 18.4 Å². The minimum absolute atomic E-state index is 0.699. The number of pyridine rings is 1. The maximum atomic E-state index is 6.22. The normalized spacial score (nSPS) is 14.7. The van der Waals surface area contributed by atoms with Crippen LogP contribution in [0.2, 0.25) is 5.02 Å². The molecule has 1 aliphatic carbocycles. The van der Waals surface area contributed by atoms with Crippen molar-refractivity contribution < 1.29 is 0 Å². The highest BCUT2D eigenvalue weighted by Gasteiger charge is 2.20. The molecule has 1 aromatic rings. The van der Waals surface area contributed by atoms with E-state index in [1.165, 1.54) is 12.8 Å². The lowest BCUT2D eigenvalue weighted by Crippen LogP contribution is -2.19. The Hall–Kier alpha value is -1.06. The van der Waals surface area contributed by atoms with Crippen LogP contribution in [0.5, 0.6) is 0 Å². The van der Waals surface area contributed by atoms with E-state index in [0.29, 0.717) is 11.1 Å². The van der Waals surface area contributed by atoms with E-state index in [9.17, 15) is 0 Å². The summed E-state index contributed by atoms with van der Waals surface area (Å²) in [6.07, 6.45) is 6.30. The Bertz CT molecular complexity index is 402. The highest BCUT2D eigenvalue weighted by atomic mass is 35.5. The summed E-state index contributed by atoms with van der Waals surface area (Å²) in [5.41, 5.74) is 1.14. The van der Waals surface area contributed by atoms with Gasteiger partial charge in [0.15, 0.2) is 0 Å². The molecule has 1 heterocycles. The molecule has 0 spiro atoms. The van der Waals surface area contributed by atoms with Crippen molar-refractivity contribution in [2.45, 2.75) is 25.4 Å². The van der Waals surface area contributed by atoms with Crippen LogP contribution in [-0.4, -0.2) is 24.6 Å². The first-order valence-electron chi connectivity index (χ1n) is 5.90. The number of likely N-dealkylation sites (N-methyl/N-ethyl adjacent to an activating group) is 1. The fraction of sp³-hybridized carbons (Fsp3) is 0.462. The number of rotatable bonds is 6. The van der Waals surface area contributed by atoms with E-state index in [4.69, 9.17) is 11.6 Å². The molecule has 1 N–H and O–H groups in total. The predicted octanol–water partition coefficient (Wildman–Crippen LogP) is 2.61. The van der Waals surface area contributed by atoms with E-state index >= 15 is 0 Å². The van der Waals surface area contributed by atoms with Crippen molar-refractivity contribution in [2.75, 3.05) is 18.5 Å². The fourth-order valence-corrected chi connectivity index (χ4v) is 2.01. The van der Waals surface area contributed by atoms with Gasteiger partial charge < -0.3 is 10.2 Å². The second-order valence-electron chi connectivity index (χ2n) is 4.47. The molecule has 0 saturated heterocycles. The van der Waals surface area contributed by atoms with E-state index < -0.39 is 0 Å². The van der Waals surface area contributed by atoms with Crippen LogP contribution in [0, 0.1) is 0 Å². The second kappa shape index (κ2) is 5.52. The maximum Gasteiger partial charge on any atom is 0.147 e. The quantitative estimate of drug-likeness (QED) is 0.788. The maximum absolute atomic E-state index is 6.22. The molecule has 1 aliphatic rings. The van der Waals surface area contributed by atoms with Gasteiger partial charge in [0, 0.05) is 32.4 Å². The molecule has 0 unspecified atom stereocenters. The Morgan fingerprint density at radius 2 is 2.41 bits per heavy atom. The van der Waals surface area contributed by atoms with E-state index in [2.05, 4.69) is 16.9 Å². The minimum atomic E-state index is 0.699. The van der Waals surface area contributed by atoms with Gasteiger partial charge in [-0.05, 0) is 24.5 Å². The van der Waals surface area contributed by atoms with Crippen LogP contribution in [0.15, 0.2) is 24.9 Å².